The van der Waals surface area contributed by atoms with Crippen LogP contribution in [0.15, 0.2) is 18.2 Å². The molecule has 0 spiro atoms. The Bertz CT molecular complexity index is 392. The minimum Gasteiger partial charge on any atom is -0.409 e. The lowest BCUT2D eigenvalue weighted by Gasteiger charge is -2.16. The topological polar surface area (TPSA) is 32.8 Å². The van der Waals surface area contributed by atoms with Crippen molar-refractivity contribution in [2.24, 2.45) is 0 Å². The van der Waals surface area contributed by atoms with Gasteiger partial charge in [-0.15, -0.1) is 0 Å². The second-order valence-electron chi connectivity index (χ2n) is 3.77. The first-order valence-electron chi connectivity index (χ1n) is 4.78. The van der Waals surface area contributed by atoms with Gasteiger partial charge in [0, 0.05) is 39.9 Å². The summed E-state index contributed by atoms with van der Waals surface area (Å²) in [5, 5.41) is 0.417. The Morgan fingerprint density at radius 1 is 1.25 bits per heavy atom. The van der Waals surface area contributed by atoms with E-state index in [0.29, 0.717) is 10.8 Å². The quantitative estimate of drug-likeness (QED) is 0.799. The predicted molar refractivity (Wildman–Crippen MR) is 65.5 cm³/mol. The average molecular weight is 243 g/mol. The molecule has 0 aromatic heterocycles. The van der Waals surface area contributed by atoms with Crippen LogP contribution in [0.4, 0.5) is 10.5 Å². The summed E-state index contributed by atoms with van der Waals surface area (Å²) < 4.78 is 5.13. The van der Waals surface area contributed by atoms with E-state index in [0.717, 1.165) is 5.69 Å². The van der Waals surface area contributed by atoms with Crippen molar-refractivity contribution in [1.29, 1.82) is 0 Å². The Balaban J connectivity index is 2.94. The fourth-order valence-electron chi connectivity index (χ4n) is 1.03. The van der Waals surface area contributed by atoms with Crippen LogP contribution in [0.3, 0.4) is 0 Å². The molecule has 4 nitrogen and oxygen atoms in total. The standard InChI is InChI=1S/C11H15ClN2O2/c1-13(2)8-5-6-9(12)10(7-8)16-11(15)14(3)4/h5-7H,1-4H3. The third-order valence-electron chi connectivity index (χ3n) is 1.99. The van der Waals surface area contributed by atoms with Gasteiger partial charge in [-0.3, -0.25) is 0 Å². The Hall–Kier alpha value is -1.42. The van der Waals surface area contributed by atoms with E-state index in [4.69, 9.17) is 16.3 Å². The zero-order chi connectivity index (χ0) is 12.3. The third-order valence-corrected chi connectivity index (χ3v) is 2.31. The van der Waals surface area contributed by atoms with Gasteiger partial charge in [0.05, 0.1) is 5.02 Å². The van der Waals surface area contributed by atoms with Crippen molar-refractivity contribution in [2.45, 2.75) is 0 Å². The van der Waals surface area contributed by atoms with Gasteiger partial charge >= 0.3 is 6.09 Å². The number of ether oxygens (including phenoxy) is 1. The molecule has 0 heterocycles. The van der Waals surface area contributed by atoms with Gasteiger partial charge in [-0.25, -0.2) is 4.79 Å². The molecular formula is C11H15ClN2O2. The van der Waals surface area contributed by atoms with Crippen LogP contribution < -0.4 is 9.64 Å². The molecule has 0 N–H and O–H groups in total. The van der Waals surface area contributed by atoms with E-state index >= 15 is 0 Å². The van der Waals surface area contributed by atoms with E-state index in [9.17, 15) is 4.79 Å². The average Bonchev–Trinajstić information content (AvgIpc) is 2.20. The lowest BCUT2D eigenvalue weighted by atomic mass is 10.3. The molecule has 88 valence electrons. The van der Waals surface area contributed by atoms with Gasteiger partial charge in [0.25, 0.3) is 0 Å². The number of benzene rings is 1. The van der Waals surface area contributed by atoms with E-state index in [-0.39, 0.29) is 0 Å². The second kappa shape index (κ2) is 5.07. The fraction of sp³-hybridized carbons (Fsp3) is 0.364. The number of halogens is 1. The first kappa shape index (κ1) is 12.6. The number of hydrogen-bond acceptors (Lipinski definition) is 3. The molecule has 0 atom stereocenters. The molecular weight excluding hydrogens is 228 g/mol. The van der Waals surface area contributed by atoms with E-state index < -0.39 is 6.09 Å². The van der Waals surface area contributed by atoms with Crippen LogP contribution in [0.1, 0.15) is 0 Å². The molecule has 0 fully saturated rings. The molecule has 0 bridgehead atoms. The summed E-state index contributed by atoms with van der Waals surface area (Å²) in [6.07, 6.45) is -0.446. The molecule has 0 aliphatic heterocycles. The normalized spacial score (nSPS) is 9.81. The molecule has 16 heavy (non-hydrogen) atoms. The van der Waals surface area contributed by atoms with Gasteiger partial charge in [-0.1, -0.05) is 11.6 Å². The van der Waals surface area contributed by atoms with Gasteiger partial charge in [-0.05, 0) is 12.1 Å². The molecule has 1 aromatic carbocycles. The van der Waals surface area contributed by atoms with Crippen molar-refractivity contribution in [3.63, 3.8) is 0 Å². The number of amides is 1. The van der Waals surface area contributed by atoms with Crippen LogP contribution in [-0.2, 0) is 0 Å². The van der Waals surface area contributed by atoms with E-state index in [1.165, 1.54) is 4.90 Å². The molecule has 0 saturated heterocycles. The second-order valence-corrected chi connectivity index (χ2v) is 4.18. The van der Waals surface area contributed by atoms with Crippen LogP contribution >= 0.6 is 11.6 Å². The van der Waals surface area contributed by atoms with Crippen molar-refractivity contribution in [1.82, 2.24) is 4.90 Å². The first-order chi connectivity index (χ1) is 7.41. The number of carbonyl (C=O) groups excluding carboxylic acids is 1. The van der Waals surface area contributed by atoms with Crippen LogP contribution in [0.5, 0.6) is 5.75 Å². The minimum atomic E-state index is -0.446. The maximum absolute atomic E-state index is 11.4. The SMILES string of the molecule is CN(C)C(=O)Oc1cc(N(C)C)ccc1Cl. The lowest BCUT2D eigenvalue weighted by molar-refractivity contribution is 0.172. The molecule has 1 rings (SSSR count). The number of nitrogens with zero attached hydrogens (tertiary/aromatic N) is 2. The molecule has 0 radical (unpaired) electrons. The van der Waals surface area contributed by atoms with Crippen LogP contribution in [0.2, 0.25) is 5.02 Å². The van der Waals surface area contributed by atoms with Crippen LogP contribution in [0.25, 0.3) is 0 Å². The summed E-state index contributed by atoms with van der Waals surface area (Å²) >= 11 is 5.94. The molecule has 1 aromatic rings. The summed E-state index contributed by atoms with van der Waals surface area (Å²) in [7, 11) is 7.04. The third kappa shape index (κ3) is 3.03. The Morgan fingerprint density at radius 3 is 2.38 bits per heavy atom. The highest BCUT2D eigenvalue weighted by molar-refractivity contribution is 6.32. The first-order valence-corrected chi connectivity index (χ1v) is 5.15. The van der Waals surface area contributed by atoms with Crippen LogP contribution in [-0.4, -0.2) is 39.2 Å². The smallest absolute Gasteiger partial charge is 0.409 e. The van der Waals surface area contributed by atoms with Gasteiger partial charge in [0.1, 0.15) is 0 Å². The van der Waals surface area contributed by atoms with Crippen molar-refractivity contribution in [2.75, 3.05) is 33.1 Å². The summed E-state index contributed by atoms with van der Waals surface area (Å²) in [4.78, 5) is 14.6. The monoisotopic (exact) mass is 242 g/mol. The minimum absolute atomic E-state index is 0.367. The van der Waals surface area contributed by atoms with E-state index in [2.05, 4.69) is 0 Å². The van der Waals surface area contributed by atoms with Crippen molar-refractivity contribution < 1.29 is 9.53 Å². The van der Waals surface area contributed by atoms with Gasteiger partial charge in [0.2, 0.25) is 0 Å². The molecule has 0 unspecified atom stereocenters. The largest absolute Gasteiger partial charge is 0.414 e. The highest BCUT2D eigenvalue weighted by atomic mass is 35.5. The maximum atomic E-state index is 11.4. The number of carbonyl (C=O) groups is 1. The zero-order valence-corrected chi connectivity index (χ0v) is 10.6. The molecule has 0 aliphatic carbocycles. The molecule has 0 aliphatic rings. The summed E-state index contributed by atoms with van der Waals surface area (Å²) in [6, 6.07) is 5.29. The lowest BCUT2D eigenvalue weighted by Crippen LogP contribution is -2.25. The van der Waals surface area contributed by atoms with Crippen molar-refractivity contribution in [3.8, 4) is 5.75 Å². The van der Waals surface area contributed by atoms with Gasteiger partial charge in [-0.2, -0.15) is 0 Å². The van der Waals surface area contributed by atoms with E-state index in [1.54, 1.807) is 26.2 Å². The highest BCUT2D eigenvalue weighted by Crippen LogP contribution is 2.29. The zero-order valence-electron chi connectivity index (χ0n) is 9.82. The Labute approximate surface area is 100 Å². The van der Waals surface area contributed by atoms with E-state index in [1.807, 2.05) is 25.1 Å². The Kier molecular flexibility index (Phi) is 4.01. The highest BCUT2D eigenvalue weighted by Gasteiger charge is 2.11. The van der Waals surface area contributed by atoms with Crippen molar-refractivity contribution in [3.05, 3.63) is 23.2 Å². The Morgan fingerprint density at radius 2 is 1.88 bits per heavy atom. The molecule has 0 saturated carbocycles. The molecule has 1 amide bonds. The van der Waals surface area contributed by atoms with Crippen molar-refractivity contribution >= 4 is 23.4 Å². The number of rotatable bonds is 2. The van der Waals surface area contributed by atoms with Gasteiger partial charge in [0.15, 0.2) is 5.75 Å². The van der Waals surface area contributed by atoms with Gasteiger partial charge < -0.3 is 14.5 Å². The maximum Gasteiger partial charge on any atom is 0.414 e. The number of anilines is 1. The van der Waals surface area contributed by atoms with Crippen LogP contribution in [0, 0.1) is 0 Å². The fourth-order valence-corrected chi connectivity index (χ4v) is 1.19. The molecule has 5 heteroatoms. The number of hydrogen-bond donors (Lipinski definition) is 0. The summed E-state index contributed by atoms with van der Waals surface area (Å²) in [6.45, 7) is 0. The summed E-state index contributed by atoms with van der Waals surface area (Å²) in [5.41, 5.74) is 0.922. The summed E-state index contributed by atoms with van der Waals surface area (Å²) in [5.74, 6) is 0.367. The predicted octanol–water partition coefficient (Wildman–Crippen LogP) is 2.47.